The van der Waals surface area contributed by atoms with Gasteiger partial charge in [0.2, 0.25) is 0 Å². The summed E-state index contributed by atoms with van der Waals surface area (Å²) in [6, 6.07) is 20.8. The zero-order chi connectivity index (χ0) is 20.9. The number of nitrogens with zero attached hydrogens (tertiary/aromatic N) is 2. The summed E-state index contributed by atoms with van der Waals surface area (Å²) < 4.78 is 9.82. The van der Waals surface area contributed by atoms with Crippen LogP contribution in [-0.4, -0.2) is 15.2 Å². The standard InChI is InChI=1S/C26H25N3O2.ClH/c1-28-23-14-19(8-9-21(23)26-22-10-7-18(27-22)13-24(26)28)29-12-11-20(15-25(29)30)31-16-17-5-3-2-4-6-17;/h2-6,8-9,11-12,14-15,18,22,27H,7,10,13,16H2,1H3;1H. The summed E-state index contributed by atoms with van der Waals surface area (Å²) in [4.78, 5) is 12.8. The molecule has 0 saturated carbocycles. The van der Waals surface area contributed by atoms with E-state index in [1.165, 1.54) is 35.0 Å². The summed E-state index contributed by atoms with van der Waals surface area (Å²) in [5, 5.41) is 5.06. The topological polar surface area (TPSA) is 48.2 Å². The SMILES string of the molecule is Cl.Cn1c2c(c3ccc(-n4ccc(OCc5ccccc5)cc4=O)cc31)C1CCC(C2)N1. The average molecular weight is 448 g/mol. The molecule has 1 N–H and O–H groups in total. The lowest BCUT2D eigenvalue weighted by Gasteiger charge is -2.23. The molecule has 2 bridgehead atoms. The van der Waals surface area contributed by atoms with Gasteiger partial charge in [-0.1, -0.05) is 36.4 Å². The normalized spacial score (nSPS) is 18.9. The van der Waals surface area contributed by atoms with E-state index in [1.54, 1.807) is 16.8 Å². The van der Waals surface area contributed by atoms with Crippen LogP contribution < -0.4 is 15.6 Å². The fourth-order valence-electron chi connectivity index (χ4n) is 5.24. The van der Waals surface area contributed by atoms with Crippen LogP contribution in [0.3, 0.4) is 0 Å². The maximum atomic E-state index is 12.8. The third kappa shape index (κ3) is 3.42. The Balaban J connectivity index is 0.00000216. The van der Waals surface area contributed by atoms with E-state index in [0.717, 1.165) is 17.7 Å². The number of ether oxygens (including phenoxy) is 1. The molecule has 32 heavy (non-hydrogen) atoms. The molecule has 1 saturated heterocycles. The Kier molecular flexibility index (Phi) is 5.31. The van der Waals surface area contributed by atoms with Gasteiger partial charge in [0.1, 0.15) is 12.4 Å². The first kappa shape index (κ1) is 20.9. The monoisotopic (exact) mass is 447 g/mol. The Morgan fingerprint density at radius 1 is 1.06 bits per heavy atom. The Labute approximate surface area is 193 Å². The fraction of sp³-hybridized carbons (Fsp3) is 0.269. The quantitative estimate of drug-likeness (QED) is 0.494. The van der Waals surface area contributed by atoms with Gasteiger partial charge in [-0.15, -0.1) is 12.4 Å². The fourth-order valence-corrected chi connectivity index (χ4v) is 5.24. The van der Waals surface area contributed by atoms with Gasteiger partial charge in [0, 0.05) is 48.9 Å². The molecule has 2 aliphatic rings. The number of fused-ring (bicyclic) bond motifs is 6. The third-order valence-electron chi connectivity index (χ3n) is 6.80. The summed E-state index contributed by atoms with van der Waals surface area (Å²) in [6.45, 7) is 0.446. The van der Waals surface area contributed by atoms with Crippen molar-refractivity contribution in [2.45, 2.75) is 38.0 Å². The van der Waals surface area contributed by atoms with Gasteiger partial charge in [-0.25, -0.2) is 0 Å². The van der Waals surface area contributed by atoms with Crippen LogP contribution in [0.5, 0.6) is 5.75 Å². The molecule has 4 aromatic rings. The van der Waals surface area contributed by atoms with E-state index in [0.29, 0.717) is 24.4 Å². The molecule has 0 amide bonds. The van der Waals surface area contributed by atoms with E-state index in [9.17, 15) is 4.79 Å². The maximum absolute atomic E-state index is 12.8. The van der Waals surface area contributed by atoms with Crippen LogP contribution in [0.2, 0.25) is 0 Å². The summed E-state index contributed by atoms with van der Waals surface area (Å²) >= 11 is 0. The van der Waals surface area contributed by atoms with Crippen molar-refractivity contribution in [1.29, 1.82) is 0 Å². The molecule has 6 rings (SSSR count). The summed E-state index contributed by atoms with van der Waals surface area (Å²) in [7, 11) is 2.15. The van der Waals surface area contributed by atoms with Gasteiger partial charge in [0.15, 0.2) is 0 Å². The molecular formula is C26H26ClN3O2. The second-order valence-corrected chi connectivity index (χ2v) is 8.66. The molecule has 2 unspecified atom stereocenters. The van der Waals surface area contributed by atoms with Crippen LogP contribution in [0.4, 0.5) is 0 Å². The minimum Gasteiger partial charge on any atom is -0.489 e. The summed E-state index contributed by atoms with van der Waals surface area (Å²) in [5.41, 5.74) is 5.94. The lowest BCUT2D eigenvalue weighted by atomic mass is 9.99. The Bertz CT molecular complexity index is 1340. The van der Waals surface area contributed by atoms with Crippen molar-refractivity contribution in [3.8, 4) is 11.4 Å². The maximum Gasteiger partial charge on any atom is 0.258 e. The Morgan fingerprint density at radius 3 is 2.72 bits per heavy atom. The minimum absolute atomic E-state index is 0. The Morgan fingerprint density at radius 2 is 1.91 bits per heavy atom. The van der Waals surface area contributed by atoms with Gasteiger partial charge in [-0.3, -0.25) is 9.36 Å². The van der Waals surface area contributed by atoms with Crippen LogP contribution in [0, 0.1) is 0 Å². The first-order chi connectivity index (χ1) is 15.2. The predicted molar refractivity (Wildman–Crippen MR) is 129 cm³/mol. The van der Waals surface area contributed by atoms with Crippen LogP contribution in [-0.2, 0) is 20.1 Å². The molecule has 164 valence electrons. The number of benzene rings is 2. The van der Waals surface area contributed by atoms with E-state index in [2.05, 4.69) is 35.1 Å². The summed E-state index contributed by atoms with van der Waals surface area (Å²) in [5.74, 6) is 0.586. The van der Waals surface area contributed by atoms with Gasteiger partial charge < -0.3 is 14.6 Å². The van der Waals surface area contributed by atoms with E-state index < -0.39 is 0 Å². The second kappa shape index (κ2) is 8.15. The molecule has 1 fully saturated rings. The number of halogens is 1. The van der Waals surface area contributed by atoms with Crippen molar-refractivity contribution < 1.29 is 4.74 Å². The van der Waals surface area contributed by atoms with Gasteiger partial charge in [0.25, 0.3) is 5.56 Å². The highest BCUT2D eigenvalue weighted by Crippen LogP contribution is 2.41. The van der Waals surface area contributed by atoms with Gasteiger partial charge >= 0.3 is 0 Å². The number of hydrogen-bond donors (Lipinski definition) is 1. The van der Waals surface area contributed by atoms with Crippen molar-refractivity contribution in [1.82, 2.24) is 14.5 Å². The van der Waals surface area contributed by atoms with Gasteiger partial charge in [-0.05, 0) is 42.2 Å². The molecule has 0 aliphatic carbocycles. The highest BCUT2D eigenvalue weighted by Gasteiger charge is 2.35. The Hall–Kier alpha value is -3.02. The number of rotatable bonds is 4. The lowest BCUT2D eigenvalue weighted by Crippen LogP contribution is -2.32. The molecule has 5 nitrogen and oxygen atoms in total. The average Bonchev–Trinajstić information content (AvgIpc) is 3.31. The van der Waals surface area contributed by atoms with Crippen LogP contribution in [0.25, 0.3) is 16.6 Å². The minimum atomic E-state index is -0.0930. The third-order valence-corrected chi connectivity index (χ3v) is 6.80. The second-order valence-electron chi connectivity index (χ2n) is 8.66. The molecule has 0 radical (unpaired) electrons. The summed E-state index contributed by atoms with van der Waals surface area (Å²) in [6.07, 6.45) is 5.35. The molecule has 2 atom stereocenters. The van der Waals surface area contributed by atoms with Crippen molar-refractivity contribution in [2.75, 3.05) is 0 Å². The van der Waals surface area contributed by atoms with Gasteiger partial charge in [0.05, 0.1) is 11.2 Å². The van der Waals surface area contributed by atoms with Crippen molar-refractivity contribution in [3.63, 3.8) is 0 Å². The zero-order valence-electron chi connectivity index (χ0n) is 18.0. The van der Waals surface area contributed by atoms with Crippen LogP contribution >= 0.6 is 12.4 Å². The first-order valence-electron chi connectivity index (χ1n) is 10.9. The lowest BCUT2D eigenvalue weighted by molar-refractivity contribution is 0.305. The number of aromatic nitrogens is 2. The van der Waals surface area contributed by atoms with Crippen molar-refractivity contribution >= 4 is 23.3 Å². The molecule has 2 aliphatic heterocycles. The van der Waals surface area contributed by atoms with Crippen LogP contribution in [0.1, 0.15) is 35.7 Å². The number of hydrogen-bond acceptors (Lipinski definition) is 3. The van der Waals surface area contributed by atoms with Crippen LogP contribution in [0.15, 0.2) is 71.7 Å². The molecule has 4 heterocycles. The highest BCUT2D eigenvalue weighted by molar-refractivity contribution is 5.88. The number of aryl methyl sites for hydroxylation is 1. The smallest absolute Gasteiger partial charge is 0.258 e. The predicted octanol–water partition coefficient (Wildman–Crippen LogP) is 4.68. The zero-order valence-corrected chi connectivity index (χ0v) is 18.8. The van der Waals surface area contributed by atoms with E-state index in [4.69, 9.17) is 4.74 Å². The van der Waals surface area contributed by atoms with E-state index >= 15 is 0 Å². The molecular weight excluding hydrogens is 422 g/mol. The largest absolute Gasteiger partial charge is 0.489 e. The molecule has 2 aromatic heterocycles. The van der Waals surface area contributed by atoms with Crippen molar-refractivity contribution in [2.24, 2.45) is 7.05 Å². The van der Waals surface area contributed by atoms with E-state index in [-0.39, 0.29) is 18.0 Å². The number of pyridine rings is 1. The molecule has 2 aromatic carbocycles. The molecule has 6 heteroatoms. The molecule has 0 spiro atoms. The first-order valence-corrected chi connectivity index (χ1v) is 10.9. The van der Waals surface area contributed by atoms with Gasteiger partial charge in [-0.2, -0.15) is 0 Å². The van der Waals surface area contributed by atoms with Crippen molar-refractivity contribution in [3.05, 3.63) is 94.0 Å². The highest BCUT2D eigenvalue weighted by atomic mass is 35.5. The number of nitrogens with one attached hydrogen (secondary N) is 1. The van der Waals surface area contributed by atoms with E-state index in [1.807, 2.05) is 36.4 Å².